The fourth-order valence-corrected chi connectivity index (χ4v) is 6.95. The lowest BCUT2D eigenvalue weighted by Gasteiger charge is -2.46. The number of nitrogens with zero attached hydrogens (tertiary/aromatic N) is 1. The molecule has 0 bridgehead atoms. The van der Waals surface area contributed by atoms with Gasteiger partial charge in [0, 0.05) is 22.5 Å². The smallest absolute Gasteiger partial charge is 0.325 e. The number of ether oxygens (including phenoxy) is 1. The van der Waals surface area contributed by atoms with Crippen LogP contribution in [0.25, 0.3) is 0 Å². The summed E-state index contributed by atoms with van der Waals surface area (Å²) >= 11 is 12.3. The van der Waals surface area contributed by atoms with Gasteiger partial charge in [-0.05, 0) is 49.4 Å². The van der Waals surface area contributed by atoms with Crippen molar-refractivity contribution < 1.29 is 18.3 Å². The van der Waals surface area contributed by atoms with Crippen LogP contribution in [0.1, 0.15) is 77.3 Å². The predicted octanol–water partition coefficient (Wildman–Crippen LogP) is 7.16. The van der Waals surface area contributed by atoms with E-state index in [1.807, 2.05) is 4.90 Å². The number of benzene rings is 2. The summed E-state index contributed by atoms with van der Waals surface area (Å²) in [4.78, 5) is 15.4. The molecule has 4 rings (SSSR count). The molecule has 2 aromatic carbocycles. The highest BCUT2D eigenvalue weighted by molar-refractivity contribution is 6.31. The number of carbonyl (C=O) groups excluding carboxylic acids is 1. The van der Waals surface area contributed by atoms with Gasteiger partial charge >= 0.3 is 5.97 Å². The van der Waals surface area contributed by atoms with Gasteiger partial charge in [0.1, 0.15) is 17.7 Å². The predicted molar refractivity (Wildman–Crippen MR) is 139 cm³/mol. The van der Waals surface area contributed by atoms with Gasteiger partial charge in [0.05, 0.1) is 10.6 Å². The minimum Gasteiger partial charge on any atom is -0.443 e. The monoisotopic (exact) mass is 538 g/mol. The van der Waals surface area contributed by atoms with Gasteiger partial charge in [0.15, 0.2) is 5.72 Å². The summed E-state index contributed by atoms with van der Waals surface area (Å²) in [5, 5.41) is 0.141. The normalized spacial score (nSPS) is 27.8. The van der Waals surface area contributed by atoms with Crippen molar-refractivity contribution >= 4 is 29.2 Å². The van der Waals surface area contributed by atoms with E-state index in [1.54, 1.807) is 38.1 Å². The fourth-order valence-electron chi connectivity index (χ4n) is 6.61. The van der Waals surface area contributed by atoms with Crippen LogP contribution in [0.5, 0.6) is 0 Å². The van der Waals surface area contributed by atoms with Crippen molar-refractivity contribution in [2.75, 3.05) is 0 Å². The van der Waals surface area contributed by atoms with Crippen LogP contribution >= 0.6 is 23.2 Å². The van der Waals surface area contributed by atoms with Crippen molar-refractivity contribution in [3.05, 3.63) is 69.2 Å². The molecule has 0 aliphatic carbocycles. The highest BCUT2D eigenvalue weighted by atomic mass is 35.5. The number of hydrogen-bond acceptors (Lipinski definition) is 4. The Balaban J connectivity index is 2.06. The molecular formula is C28H34Cl2F2N2O2. The van der Waals surface area contributed by atoms with Crippen LogP contribution in [0.3, 0.4) is 0 Å². The second-order valence-electron chi connectivity index (χ2n) is 10.7. The molecular weight excluding hydrogens is 505 g/mol. The third-order valence-corrected chi connectivity index (χ3v) is 9.35. The maximum Gasteiger partial charge on any atom is 0.325 e. The van der Waals surface area contributed by atoms with Crippen molar-refractivity contribution in [2.45, 2.75) is 89.6 Å². The van der Waals surface area contributed by atoms with E-state index in [2.05, 4.69) is 20.8 Å². The van der Waals surface area contributed by atoms with Crippen molar-refractivity contribution in [3.8, 4) is 0 Å². The van der Waals surface area contributed by atoms with Gasteiger partial charge in [-0.1, -0.05) is 81.4 Å². The first kappa shape index (κ1) is 27.3. The minimum atomic E-state index is -1.48. The molecule has 2 heterocycles. The second-order valence-corrected chi connectivity index (χ2v) is 11.5. The number of nitrogens with two attached hydrogens (primary N) is 1. The molecule has 0 spiro atoms. The van der Waals surface area contributed by atoms with Gasteiger partial charge in [-0.25, -0.2) is 13.7 Å². The van der Waals surface area contributed by atoms with Crippen LogP contribution < -0.4 is 5.73 Å². The molecule has 2 fully saturated rings. The highest BCUT2D eigenvalue weighted by Crippen LogP contribution is 2.59. The second kappa shape index (κ2) is 9.54. The molecule has 2 aliphatic heterocycles. The van der Waals surface area contributed by atoms with Gasteiger partial charge in [-0.3, -0.25) is 4.79 Å². The number of fused-ring (bicyclic) bond motifs is 1. The molecule has 0 unspecified atom stereocenters. The van der Waals surface area contributed by atoms with Crippen molar-refractivity contribution in [3.63, 3.8) is 0 Å². The summed E-state index contributed by atoms with van der Waals surface area (Å²) in [7, 11) is 0. The molecule has 196 valence electrons. The molecule has 4 nitrogen and oxygen atoms in total. The van der Waals surface area contributed by atoms with E-state index in [-0.39, 0.29) is 26.6 Å². The summed E-state index contributed by atoms with van der Waals surface area (Å²) < 4.78 is 37.2. The first-order chi connectivity index (χ1) is 16.9. The maximum atomic E-state index is 15.7. The molecule has 2 aromatic rings. The van der Waals surface area contributed by atoms with Gasteiger partial charge < -0.3 is 10.5 Å². The Labute approximate surface area is 222 Å². The average Bonchev–Trinajstić information content (AvgIpc) is 3.22. The lowest BCUT2D eigenvalue weighted by molar-refractivity contribution is -0.153. The van der Waals surface area contributed by atoms with Gasteiger partial charge in [-0.15, -0.1) is 0 Å². The Kier molecular flexibility index (Phi) is 7.24. The third-order valence-electron chi connectivity index (χ3n) is 8.82. The van der Waals surface area contributed by atoms with E-state index in [0.717, 1.165) is 19.3 Å². The summed E-state index contributed by atoms with van der Waals surface area (Å²) in [6.07, 6.45) is 3.20. The van der Waals surface area contributed by atoms with E-state index in [9.17, 15) is 4.79 Å². The quantitative estimate of drug-likeness (QED) is 0.380. The molecule has 2 saturated heterocycles. The highest BCUT2D eigenvalue weighted by Gasteiger charge is 2.69. The molecule has 2 N–H and O–H groups in total. The van der Waals surface area contributed by atoms with E-state index in [1.165, 1.54) is 12.1 Å². The zero-order valence-corrected chi connectivity index (χ0v) is 22.9. The number of halogens is 4. The third kappa shape index (κ3) is 4.05. The average molecular weight is 539 g/mol. The summed E-state index contributed by atoms with van der Waals surface area (Å²) in [6, 6.07) is 7.54. The van der Waals surface area contributed by atoms with Gasteiger partial charge in [0.25, 0.3) is 0 Å². The van der Waals surface area contributed by atoms with E-state index >= 15 is 8.78 Å². The molecule has 0 amide bonds. The van der Waals surface area contributed by atoms with E-state index in [4.69, 9.17) is 33.7 Å². The van der Waals surface area contributed by atoms with E-state index < -0.39 is 46.9 Å². The van der Waals surface area contributed by atoms with Gasteiger partial charge in [-0.2, -0.15) is 0 Å². The van der Waals surface area contributed by atoms with Crippen LogP contribution in [0.4, 0.5) is 8.78 Å². The van der Waals surface area contributed by atoms with Crippen LogP contribution in [-0.2, 0) is 15.1 Å². The van der Waals surface area contributed by atoms with Crippen LogP contribution in [0.15, 0.2) is 36.4 Å². The molecule has 0 aromatic heterocycles. The molecule has 0 saturated carbocycles. The summed E-state index contributed by atoms with van der Waals surface area (Å²) in [5.74, 6) is -2.72. The van der Waals surface area contributed by atoms with Crippen LogP contribution in [-0.4, -0.2) is 28.7 Å². The number of cyclic esters (lactones) is 1. The standard InChI is InChI=1S/C28H34Cl2F2N2O2/c1-6-27(7-2,8-3)15-21-28(33,18-13-12-16(29)14-20(18)31)22(17-10-9-11-19(30)23(17)32)24-25(35)36-26(4,5)34(21)24/h9-14,21-22,24H,6-8,15,33H2,1-5H3/t21-,22-,24+,28+/m0/s1. The van der Waals surface area contributed by atoms with Crippen molar-refractivity contribution in [1.82, 2.24) is 4.90 Å². The Bertz CT molecular complexity index is 1160. The Morgan fingerprint density at radius 2 is 1.72 bits per heavy atom. The molecule has 2 aliphatic rings. The lowest BCUT2D eigenvalue weighted by atomic mass is 9.65. The number of carbonyl (C=O) groups is 1. The number of hydrogen-bond donors (Lipinski definition) is 1. The first-order valence-corrected chi connectivity index (χ1v) is 13.3. The Morgan fingerprint density at radius 1 is 1.08 bits per heavy atom. The maximum absolute atomic E-state index is 15.7. The first-order valence-electron chi connectivity index (χ1n) is 12.6. The van der Waals surface area contributed by atoms with Crippen molar-refractivity contribution in [2.24, 2.45) is 11.1 Å². The topological polar surface area (TPSA) is 55.6 Å². The largest absolute Gasteiger partial charge is 0.443 e. The van der Waals surface area contributed by atoms with Crippen LogP contribution in [0, 0.1) is 17.0 Å². The lowest BCUT2D eigenvalue weighted by Crippen LogP contribution is -2.57. The SMILES string of the molecule is CCC(CC)(CC)C[C@@H]1N2[C@@H](C(=O)OC2(C)C)[C@H](c2cccc(Cl)c2F)[C@@]1(N)c1ccc(Cl)cc1F. The van der Waals surface area contributed by atoms with E-state index in [0.29, 0.717) is 6.42 Å². The summed E-state index contributed by atoms with van der Waals surface area (Å²) in [5.41, 5.74) is 5.11. The number of rotatable bonds is 7. The molecule has 8 heteroatoms. The van der Waals surface area contributed by atoms with Crippen molar-refractivity contribution in [1.29, 1.82) is 0 Å². The molecule has 0 radical (unpaired) electrons. The fraction of sp³-hybridized carbons (Fsp3) is 0.536. The zero-order chi connectivity index (χ0) is 26.6. The van der Waals surface area contributed by atoms with Gasteiger partial charge in [0.2, 0.25) is 0 Å². The summed E-state index contributed by atoms with van der Waals surface area (Å²) in [6.45, 7) is 10.00. The molecule has 36 heavy (non-hydrogen) atoms. The zero-order valence-electron chi connectivity index (χ0n) is 21.4. The van der Waals surface area contributed by atoms with Crippen LogP contribution in [0.2, 0.25) is 10.0 Å². The Hall–Kier alpha value is -1.73. The minimum absolute atomic E-state index is 0.0860. The molecule has 4 atom stereocenters. The Morgan fingerprint density at radius 3 is 2.31 bits per heavy atom. The number of esters is 1.